The van der Waals surface area contributed by atoms with Crippen LogP contribution in [0.1, 0.15) is 126 Å². The molecule has 9 rings (SSSR count). The standard InChI is InChI=1S/C51H52N2O/c1-47(2)25-27-49(5,6)37-31-43-39(29-35(37)47)51(45-23-15-21-41(52-45)33-17-11-9-12-18-33,46-24-16-22-42(53-46)34-19-13-10-14-20-34)40-30-36-38(32-44(40)54-43)50(7,8)28-26-48(36,3)4/h9-24,29-32H,25-28H2,1-8H3. The van der Waals surface area contributed by atoms with Gasteiger partial charge in [-0.15, -0.1) is 0 Å². The van der Waals surface area contributed by atoms with E-state index in [2.05, 4.69) is 177 Å². The van der Waals surface area contributed by atoms with Gasteiger partial charge in [-0.1, -0.05) is 128 Å². The average Bonchev–Trinajstić information content (AvgIpc) is 3.17. The SMILES string of the molecule is CC1(C)CCC(C)(C)c2cc3c(cc21)Oc1cc2c(cc1C3(c1cccc(-c3ccccc3)n1)c1cccc(-c3ccccc3)n1)C(C)(C)CCC2(C)C. The van der Waals surface area contributed by atoms with Gasteiger partial charge in [0.15, 0.2) is 0 Å². The Morgan fingerprint density at radius 2 is 0.741 bits per heavy atom. The van der Waals surface area contributed by atoms with Gasteiger partial charge in [0.05, 0.1) is 22.8 Å². The third kappa shape index (κ3) is 5.29. The first-order valence-electron chi connectivity index (χ1n) is 19.8. The van der Waals surface area contributed by atoms with Crippen molar-refractivity contribution >= 4 is 0 Å². The number of benzene rings is 4. The summed E-state index contributed by atoms with van der Waals surface area (Å²) in [5, 5.41) is 0. The van der Waals surface area contributed by atoms with E-state index in [1.165, 1.54) is 22.3 Å². The summed E-state index contributed by atoms with van der Waals surface area (Å²) in [4.78, 5) is 11.3. The second-order valence-electron chi connectivity index (χ2n) is 18.7. The first kappa shape index (κ1) is 34.7. The van der Waals surface area contributed by atoms with Gasteiger partial charge in [-0.25, -0.2) is 0 Å². The van der Waals surface area contributed by atoms with E-state index in [9.17, 15) is 0 Å². The normalized spacial score (nSPS) is 19.3. The number of nitrogens with zero attached hydrogens (tertiary/aromatic N) is 2. The number of fused-ring (bicyclic) bond motifs is 4. The Hall–Kier alpha value is -5.02. The molecule has 0 bridgehead atoms. The molecule has 272 valence electrons. The predicted molar refractivity (Wildman–Crippen MR) is 222 cm³/mol. The highest BCUT2D eigenvalue weighted by molar-refractivity contribution is 5.73. The molecule has 4 aromatic carbocycles. The van der Waals surface area contributed by atoms with Gasteiger partial charge in [0, 0.05) is 22.3 Å². The first-order valence-corrected chi connectivity index (χ1v) is 19.8. The van der Waals surface area contributed by atoms with E-state index in [0.717, 1.165) is 82.2 Å². The summed E-state index contributed by atoms with van der Waals surface area (Å²) in [6.45, 7) is 19.2. The summed E-state index contributed by atoms with van der Waals surface area (Å²) >= 11 is 0. The van der Waals surface area contributed by atoms with Crippen LogP contribution in [0.5, 0.6) is 11.5 Å². The van der Waals surface area contributed by atoms with Crippen molar-refractivity contribution in [2.24, 2.45) is 0 Å². The van der Waals surface area contributed by atoms with Crippen molar-refractivity contribution in [3.63, 3.8) is 0 Å². The zero-order valence-corrected chi connectivity index (χ0v) is 33.2. The number of hydrogen-bond acceptors (Lipinski definition) is 3. The van der Waals surface area contributed by atoms with E-state index in [-0.39, 0.29) is 21.7 Å². The van der Waals surface area contributed by atoms with Crippen LogP contribution >= 0.6 is 0 Å². The third-order valence-corrected chi connectivity index (χ3v) is 13.3. The molecule has 0 radical (unpaired) electrons. The lowest BCUT2D eigenvalue weighted by molar-refractivity contribution is 0.323. The van der Waals surface area contributed by atoms with Crippen LogP contribution in [-0.2, 0) is 27.1 Å². The summed E-state index contributed by atoms with van der Waals surface area (Å²) in [5.74, 6) is 1.80. The first-order chi connectivity index (χ1) is 25.7. The van der Waals surface area contributed by atoms with Gasteiger partial charge >= 0.3 is 0 Å². The number of ether oxygens (including phenoxy) is 1. The quantitative estimate of drug-likeness (QED) is 0.183. The highest BCUT2D eigenvalue weighted by Crippen LogP contribution is 2.60. The Labute approximate surface area is 321 Å². The van der Waals surface area contributed by atoms with Gasteiger partial charge in [-0.2, -0.15) is 0 Å². The number of hydrogen-bond donors (Lipinski definition) is 0. The van der Waals surface area contributed by atoms with Crippen molar-refractivity contribution < 1.29 is 4.74 Å². The molecule has 1 aliphatic heterocycles. The zero-order chi connectivity index (χ0) is 37.7. The second-order valence-corrected chi connectivity index (χ2v) is 18.7. The molecule has 3 heterocycles. The summed E-state index contributed by atoms with van der Waals surface area (Å²) in [5.41, 5.74) is 12.9. The fraction of sp³-hybridized carbons (Fsp3) is 0.333. The molecule has 2 aliphatic carbocycles. The van der Waals surface area contributed by atoms with Crippen LogP contribution in [0, 0.1) is 0 Å². The van der Waals surface area contributed by atoms with Crippen LogP contribution in [0.4, 0.5) is 0 Å². The lowest BCUT2D eigenvalue weighted by atomic mass is 9.58. The Balaban J connectivity index is 1.46. The minimum absolute atomic E-state index is 0.00754. The fourth-order valence-corrected chi connectivity index (χ4v) is 9.72. The molecule has 3 aliphatic rings. The summed E-state index contributed by atoms with van der Waals surface area (Å²) < 4.78 is 7.31. The van der Waals surface area contributed by atoms with Crippen LogP contribution in [0.15, 0.2) is 121 Å². The van der Waals surface area contributed by atoms with Gasteiger partial charge in [0.2, 0.25) is 0 Å². The van der Waals surface area contributed by atoms with Gasteiger partial charge in [-0.3, -0.25) is 9.97 Å². The van der Waals surface area contributed by atoms with E-state index in [4.69, 9.17) is 14.7 Å². The van der Waals surface area contributed by atoms with Crippen molar-refractivity contribution in [3.8, 4) is 34.0 Å². The van der Waals surface area contributed by atoms with E-state index < -0.39 is 5.41 Å². The van der Waals surface area contributed by atoms with Gasteiger partial charge in [-0.05, 0) is 118 Å². The molecule has 6 aromatic rings. The monoisotopic (exact) mass is 708 g/mol. The average molecular weight is 709 g/mol. The van der Waals surface area contributed by atoms with Crippen molar-refractivity contribution in [3.05, 3.63) is 166 Å². The second kappa shape index (κ2) is 12.0. The van der Waals surface area contributed by atoms with Crippen molar-refractivity contribution in [2.45, 2.75) is 108 Å². The van der Waals surface area contributed by atoms with Crippen LogP contribution in [0.25, 0.3) is 22.5 Å². The maximum absolute atomic E-state index is 7.31. The lowest BCUT2D eigenvalue weighted by Crippen LogP contribution is -2.40. The summed E-state index contributed by atoms with van der Waals surface area (Å²) in [6, 6.07) is 44.0. The molecule has 0 amide bonds. The maximum atomic E-state index is 7.31. The molecule has 0 unspecified atom stereocenters. The Kier molecular flexibility index (Phi) is 7.71. The van der Waals surface area contributed by atoms with Gasteiger partial charge in [0.1, 0.15) is 16.9 Å². The van der Waals surface area contributed by atoms with E-state index in [1.807, 2.05) is 0 Å². The molecule has 2 aromatic heterocycles. The summed E-state index contributed by atoms with van der Waals surface area (Å²) in [6.07, 6.45) is 4.50. The largest absolute Gasteiger partial charge is 0.457 e. The molecular weight excluding hydrogens is 657 g/mol. The molecule has 54 heavy (non-hydrogen) atoms. The van der Waals surface area contributed by atoms with Crippen LogP contribution in [0.3, 0.4) is 0 Å². The van der Waals surface area contributed by atoms with E-state index >= 15 is 0 Å². The minimum atomic E-state index is -0.877. The zero-order valence-electron chi connectivity index (χ0n) is 33.2. The van der Waals surface area contributed by atoms with E-state index in [1.54, 1.807) is 0 Å². The van der Waals surface area contributed by atoms with E-state index in [0.29, 0.717) is 0 Å². The molecule has 0 saturated heterocycles. The van der Waals surface area contributed by atoms with Crippen LogP contribution in [-0.4, -0.2) is 9.97 Å². The minimum Gasteiger partial charge on any atom is -0.457 e. The van der Waals surface area contributed by atoms with Crippen LogP contribution in [0.2, 0.25) is 0 Å². The Morgan fingerprint density at radius 3 is 1.11 bits per heavy atom. The third-order valence-electron chi connectivity index (χ3n) is 13.3. The molecule has 0 fully saturated rings. The molecule has 0 saturated carbocycles. The molecule has 3 nitrogen and oxygen atoms in total. The topological polar surface area (TPSA) is 35.0 Å². The smallest absolute Gasteiger partial charge is 0.132 e. The van der Waals surface area contributed by atoms with Crippen LogP contribution < -0.4 is 4.74 Å². The molecule has 0 spiro atoms. The van der Waals surface area contributed by atoms with Crippen molar-refractivity contribution in [1.29, 1.82) is 0 Å². The number of aromatic nitrogens is 2. The van der Waals surface area contributed by atoms with Crippen molar-refractivity contribution in [2.75, 3.05) is 0 Å². The molecule has 3 heteroatoms. The molecule has 0 N–H and O–H groups in total. The Bertz CT molecular complexity index is 2250. The fourth-order valence-electron chi connectivity index (χ4n) is 9.72. The van der Waals surface area contributed by atoms with Gasteiger partial charge in [0.25, 0.3) is 0 Å². The molecule has 0 atom stereocenters. The molecular formula is C51H52N2O. The Morgan fingerprint density at radius 1 is 0.389 bits per heavy atom. The van der Waals surface area contributed by atoms with Crippen molar-refractivity contribution in [1.82, 2.24) is 9.97 Å². The summed E-state index contributed by atoms with van der Waals surface area (Å²) in [7, 11) is 0. The lowest BCUT2D eigenvalue weighted by Gasteiger charge is -2.47. The number of pyridine rings is 2. The van der Waals surface area contributed by atoms with Gasteiger partial charge < -0.3 is 4.74 Å². The highest BCUT2D eigenvalue weighted by Gasteiger charge is 2.52. The highest BCUT2D eigenvalue weighted by atomic mass is 16.5. The predicted octanol–water partition coefficient (Wildman–Crippen LogP) is 13.0. The number of rotatable bonds is 4. The maximum Gasteiger partial charge on any atom is 0.132 e.